The molecule has 1 heterocycles. The second-order valence-corrected chi connectivity index (χ2v) is 8.74. The van der Waals surface area contributed by atoms with Crippen LogP contribution < -0.4 is 5.32 Å². The Morgan fingerprint density at radius 3 is 2.46 bits per heavy atom. The number of nitrogens with zero attached hydrogens (tertiary/aromatic N) is 2. The van der Waals surface area contributed by atoms with Crippen LogP contribution in [0.25, 0.3) is 27.8 Å². The van der Waals surface area contributed by atoms with E-state index in [1.54, 1.807) is 6.08 Å². The summed E-state index contributed by atoms with van der Waals surface area (Å²) in [4.78, 5) is 13.0. The van der Waals surface area contributed by atoms with E-state index in [2.05, 4.69) is 58.4 Å². The molecule has 4 heteroatoms. The molecule has 0 saturated carbocycles. The van der Waals surface area contributed by atoms with Gasteiger partial charge in [0.05, 0.1) is 0 Å². The van der Waals surface area contributed by atoms with Crippen molar-refractivity contribution in [1.29, 1.82) is 5.26 Å². The van der Waals surface area contributed by atoms with Gasteiger partial charge in [-0.3, -0.25) is 4.79 Å². The number of fused-ring (bicyclic) bond motifs is 2. The van der Waals surface area contributed by atoms with Crippen molar-refractivity contribution in [1.82, 2.24) is 4.57 Å². The third-order valence-electron chi connectivity index (χ3n) is 6.56. The molecular weight excluding hydrogens is 430 g/mol. The Labute approximate surface area is 204 Å². The molecule has 1 amide bonds. The number of hydrogen-bond acceptors (Lipinski definition) is 2. The molecule has 1 aromatic heterocycles. The van der Waals surface area contributed by atoms with Gasteiger partial charge in [0.15, 0.2) is 0 Å². The number of hydrogen-bond donors (Lipinski definition) is 1. The van der Waals surface area contributed by atoms with E-state index >= 15 is 0 Å². The van der Waals surface area contributed by atoms with E-state index in [0.717, 1.165) is 33.3 Å². The summed E-state index contributed by atoms with van der Waals surface area (Å²) < 4.78 is 2.18. The zero-order valence-corrected chi connectivity index (χ0v) is 19.7. The fraction of sp³-hybridized carbons (Fsp3) is 0.0968. The SMILES string of the molecule is Cc1cccc(NC(=O)/C(C#N)=C/c2cn(Cc3cccc4ccccc34)c3ccccc23)c1C. The van der Waals surface area contributed by atoms with E-state index in [1.165, 1.54) is 16.3 Å². The molecule has 5 aromatic rings. The monoisotopic (exact) mass is 455 g/mol. The minimum absolute atomic E-state index is 0.0685. The van der Waals surface area contributed by atoms with E-state index in [4.69, 9.17) is 0 Å². The summed E-state index contributed by atoms with van der Waals surface area (Å²) in [5.41, 5.74) is 5.97. The van der Waals surface area contributed by atoms with E-state index in [1.807, 2.05) is 62.5 Å². The molecule has 5 rings (SSSR count). The highest BCUT2D eigenvalue weighted by Crippen LogP contribution is 2.27. The van der Waals surface area contributed by atoms with E-state index in [0.29, 0.717) is 6.54 Å². The van der Waals surface area contributed by atoms with Crippen LogP contribution in [0.5, 0.6) is 0 Å². The van der Waals surface area contributed by atoms with Crippen LogP contribution in [0.1, 0.15) is 22.3 Å². The Hall–Kier alpha value is -4.62. The second kappa shape index (κ2) is 9.32. The fourth-order valence-electron chi connectivity index (χ4n) is 4.52. The van der Waals surface area contributed by atoms with Crippen LogP contribution in [0, 0.1) is 25.2 Å². The molecule has 35 heavy (non-hydrogen) atoms. The van der Waals surface area contributed by atoms with Crippen molar-refractivity contribution in [3.63, 3.8) is 0 Å². The number of nitriles is 1. The Morgan fingerprint density at radius 2 is 1.63 bits per heavy atom. The Bertz CT molecular complexity index is 1640. The van der Waals surface area contributed by atoms with Crippen molar-refractivity contribution in [2.45, 2.75) is 20.4 Å². The molecule has 0 spiro atoms. The molecule has 170 valence electrons. The van der Waals surface area contributed by atoms with Gasteiger partial charge in [0, 0.05) is 34.9 Å². The highest BCUT2D eigenvalue weighted by atomic mass is 16.1. The van der Waals surface area contributed by atoms with Crippen LogP contribution in [-0.2, 0) is 11.3 Å². The molecular formula is C31H25N3O. The predicted molar refractivity (Wildman–Crippen MR) is 143 cm³/mol. The van der Waals surface area contributed by atoms with Crippen molar-refractivity contribution in [3.8, 4) is 6.07 Å². The van der Waals surface area contributed by atoms with Crippen LogP contribution in [0.15, 0.2) is 96.7 Å². The number of aryl methyl sites for hydroxylation is 1. The average molecular weight is 456 g/mol. The van der Waals surface area contributed by atoms with E-state index in [9.17, 15) is 10.1 Å². The zero-order valence-electron chi connectivity index (χ0n) is 19.7. The number of nitrogens with one attached hydrogen (secondary N) is 1. The first kappa shape index (κ1) is 22.2. The summed E-state index contributed by atoms with van der Waals surface area (Å²) in [6, 6.07) is 30.6. The predicted octanol–water partition coefficient (Wildman–Crippen LogP) is 7.01. The lowest BCUT2D eigenvalue weighted by Gasteiger charge is -2.09. The number of amides is 1. The van der Waals surface area contributed by atoms with Gasteiger partial charge in [-0.25, -0.2) is 0 Å². The van der Waals surface area contributed by atoms with Gasteiger partial charge in [0.1, 0.15) is 11.6 Å². The van der Waals surface area contributed by atoms with Gasteiger partial charge in [-0.2, -0.15) is 5.26 Å². The van der Waals surface area contributed by atoms with Crippen LogP contribution in [-0.4, -0.2) is 10.5 Å². The molecule has 0 fully saturated rings. The van der Waals surface area contributed by atoms with Crippen LogP contribution in [0.3, 0.4) is 0 Å². The fourth-order valence-corrected chi connectivity index (χ4v) is 4.52. The van der Waals surface area contributed by atoms with Crippen LogP contribution >= 0.6 is 0 Å². The minimum atomic E-state index is -0.410. The zero-order chi connectivity index (χ0) is 24.4. The average Bonchev–Trinajstić information content (AvgIpc) is 3.22. The normalized spacial score (nSPS) is 11.5. The van der Waals surface area contributed by atoms with Crippen molar-refractivity contribution in [3.05, 3.63) is 119 Å². The molecule has 0 saturated heterocycles. The van der Waals surface area contributed by atoms with Gasteiger partial charge in [-0.1, -0.05) is 72.8 Å². The van der Waals surface area contributed by atoms with Crippen LogP contribution in [0.4, 0.5) is 5.69 Å². The first-order valence-corrected chi connectivity index (χ1v) is 11.6. The molecule has 0 unspecified atom stereocenters. The number of benzene rings is 4. The lowest BCUT2D eigenvalue weighted by atomic mass is 10.0. The topological polar surface area (TPSA) is 57.8 Å². The maximum absolute atomic E-state index is 13.0. The Balaban J connectivity index is 1.52. The maximum atomic E-state index is 13.0. The lowest BCUT2D eigenvalue weighted by Crippen LogP contribution is -2.14. The molecule has 1 N–H and O–H groups in total. The molecule has 0 aliphatic carbocycles. The summed E-state index contributed by atoms with van der Waals surface area (Å²) in [7, 11) is 0. The number of carbonyl (C=O) groups excluding carboxylic acids is 1. The first-order chi connectivity index (χ1) is 17.0. The van der Waals surface area contributed by atoms with Gasteiger partial charge in [0.25, 0.3) is 5.91 Å². The number of para-hydroxylation sites is 1. The molecule has 0 aliphatic heterocycles. The van der Waals surface area contributed by atoms with Gasteiger partial charge < -0.3 is 9.88 Å². The van der Waals surface area contributed by atoms with Gasteiger partial charge in [-0.15, -0.1) is 0 Å². The van der Waals surface area contributed by atoms with Gasteiger partial charge in [0.2, 0.25) is 0 Å². The number of rotatable bonds is 5. The summed E-state index contributed by atoms with van der Waals surface area (Å²) >= 11 is 0. The van der Waals surface area contributed by atoms with Crippen molar-refractivity contribution < 1.29 is 4.79 Å². The third kappa shape index (κ3) is 4.32. The molecule has 0 radical (unpaired) electrons. The summed E-state index contributed by atoms with van der Waals surface area (Å²) in [6.45, 7) is 4.64. The van der Waals surface area contributed by atoms with E-state index < -0.39 is 5.91 Å². The first-order valence-electron chi connectivity index (χ1n) is 11.6. The summed E-state index contributed by atoms with van der Waals surface area (Å²) in [5, 5.41) is 16.1. The minimum Gasteiger partial charge on any atom is -0.342 e. The maximum Gasteiger partial charge on any atom is 0.266 e. The molecule has 0 bridgehead atoms. The Kier molecular flexibility index (Phi) is 5.91. The standard InChI is InChI=1S/C31H25N3O/c1-21-9-7-15-29(22(21)2)33-31(35)25(18-32)17-26-20-34(30-16-6-5-14-28(26)30)19-24-12-8-11-23-10-3-4-13-27(23)24/h3-17,20H,19H2,1-2H3,(H,33,35)/b25-17+. The van der Waals surface area contributed by atoms with Crippen molar-refractivity contribution in [2.75, 3.05) is 5.32 Å². The number of aromatic nitrogens is 1. The van der Waals surface area contributed by atoms with Gasteiger partial charge in [-0.05, 0) is 59.5 Å². The molecule has 0 atom stereocenters. The number of anilines is 1. The smallest absolute Gasteiger partial charge is 0.266 e. The van der Waals surface area contributed by atoms with Gasteiger partial charge >= 0.3 is 0 Å². The Morgan fingerprint density at radius 1 is 0.914 bits per heavy atom. The molecule has 4 nitrogen and oxygen atoms in total. The lowest BCUT2D eigenvalue weighted by molar-refractivity contribution is -0.112. The van der Waals surface area contributed by atoms with Crippen LogP contribution in [0.2, 0.25) is 0 Å². The molecule has 4 aromatic carbocycles. The summed E-state index contributed by atoms with van der Waals surface area (Å²) in [6.07, 6.45) is 3.71. The third-order valence-corrected chi connectivity index (χ3v) is 6.56. The summed E-state index contributed by atoms with van der Waals surface area (Å²) in [5.74, 6) is -0.410. The second-order valence-electron chi connectivity index (χ2n) is 8.74. The highest BCUT2D eigenvalue weighted by molar-refractivity contribution is 6.11. The number of carbonyl (C=O) groups is 1. The van der Waals surface area contributed by atoms with E-state index in [-0.39, 0.29) is 5.57 Å². The highest BCUT2D eigenvalue weighted by Gasteiger charge is 2.14. The van der Waals surface area contributed by atoms with Crippen molar-refractivity contribution >= 4 is 39.3 Å². The largest absolute Gasteiger partial charge is 0.342 e. The molecule has 0 aliphatic rings. The quantitative estimate of drug-likeness (QED) is 0.229. The van der Waals surface area contributed by atoms with Crippen molar-refractivity contribution in [2.24, 2.45) is 0 Å².